The fraction of sp³-hybridized carbons (Fsp3) is 0.667. The molecule has 1 N–H and O–H groups in total. The van der Waals surface area contributed by atoms with Gasteiger partial charge in [0, 0.05) is 26.0 Å². The molecule has 0 radical (unpaired) electrons. The monoisotopic (exact) mass is 293 g/mol. The first-order valence-electron chi connectivity index (χ1n) is 6.17. The minimum absolute atomic E-state index is 0.289. The van der Waals surface area contributed by atoms with E-state index in [1.54, 1.807) is 7.11 Å². The number of hydrogen-bond donors (Lipinski definition) is 1. The minimum atomic E-state index is -4.51. The highest BCUT2D eigenvalue weighted by atomic mass is 19.4. The van der Waals surface area contributed by atoms with Gasteiger partial charge in [0.15, 0.2) is 5.69 Å². The molecule has 5 nitrogen and oxygen atoms in total. The first-order chi connectivity index (χ1) is 9.27. The summed E-state index contributed by atoms with van der Waals surface area (Å²) >= 11 is 0. The molecule has 0 fully saturated rings. The number of rotatable bonds is 6. The summed E-state index contributed by atoms with van der Waals surface area (Å²) in [5, 5.41) is 6.08. The zero-order valence-corrected chi connectivity index (χ0v) is 11.6. The van der Waals surface area contributed by atoms with E-state index in [0.717, 1.165) is 10.7 Å². The Labute approximate surface area is 115 Å². The van der Waals surface area contributed by atoms with Crippen molar-refractivity contribution in [3.8, 4) is 0 Å². The highest BCUT2D eigenvalue weighted by molar-refractivity contribution is 5.79. The summed E-state index contributed by atoms with van der Waals surface area (Å²) in [6.45, 7) is 3.90. The summed E-state index contributed by atoms with van der Waals surface area (Å²) in [5.74, 6) is -0.374. The molecule has 0 aliphatic heterocycles. The number of methoxy groups -OCH3 is 1. The highest BCUT2D eigenvalue weighted by Crippen LogP contribution is 2.29. The molecular weight excluding hydrogens is 275 g/mol. The SMILES string of the molecule is COCCCNC(=O)C(C)n1nc(C(F)(F)F)cc1C. The lowest BCUT2D eigenvalue weighted by molar-refractivity contribution is -0.142. The van der Waals surface area contributed by atoms with Crippen LogP contribution in [0.1, 0.15) is 30.8 Å². The number of nitrogens with zero attached hydrogens (tertiary/aromatic N) is 2. The minimum Gasteiger partial charge on any atom is -0.385 e. The molecule has 114 valence electrons. The summed E-state index contributed by atoms with van der Waals surface area (Å²) in [5.41, 5.74) is -0.703. The van der Waals surface area contributed by atoms with Crippen molar-refractivity contribution in [2.45, 2.75) is 32.5 Å². The van der Waals surface area contributed by atoms with Crippen LogP contribution in [-0.2, 0) is 15.7 Å². The number of aromatic nitrogens is 2. The van der Waals surface area contributed by atoms with Gasteiger partial charge in [-0.25, -0.2) is 0 Å². The van der Waals surface area contributed by atoms with Gasteiger partial charge in [-0.15, -0.1) is 0 Å². The lowest BCUT2D eigenvalue weighted by Gasteiger charge is -2.14. The van der Waals surface area contributed by atoms with Gasteiger partial charge in [-0.3, -0.25) is 9.48 Å². The Morgan fingerprint density at radius 2 is 2.20 bits per heavy atom. The van der Waals surface area contributed by atoms with Crippen molar-refractivity contribution in [3.05, 3.63) is 17.5 Å². The Hall–Kier alpha value is -1.57. The number of amides is 1. The molecule has 1 atom stereocenters. The number of halogens is 3. The zero-order valence-electron chi connectivity index (χ0n) is 11.6. The van der Waals surface area contributed by atoms with Gasteiger partial charge in [0.25, 0.3) is 0 Å². The van der Waals surface area contributed by atoms with Crippen molar-refractivity contribution in [1.29, 1.82) is 0 Å². The summed E-state index contributed by atoms with van der Waals surface area (Å²) in [4.78, 5) is 11.8. The average Bonchev–Trinajstić information content (AvgIpc) is 2.75. The van der Waals surface area contributed by atoms with Gasteiger partial charge in [-0.05, 0) is 26.3 Å². The van der Waals surface area contributed by atoms with Crippen molar-refractivity contribution in [3.63, 3.8) is 0 Å². The number of carbonyl (C=O) groups is 1. The molecule has 1 aromatic rings. The molecule has 20 heavy (non-hydrogen) atoms. The molecule has 0 saturated carbocycles. The molecule has 0 aliphatic carbocycles. The third-order valence-corrected chi connectivity index (χ3v) is 2.78. The molecule has 1 heterocycles. The second-order valence-corrected chi connectivity index (χ2v) is 4.43. The quantitative estimate of drug-likeness (QED) is 0.815. The summed E-state index contributed by atoms with van der Waals surface area (Å²) in [6.07, 6.45) is -3.87. The van der Waals surface area contributed by atoms with Crippen molar-refractivity contribution in [2.75, 3.05) is 20.3 Å². The van der Waals surface area contributed by atoms with E-state index in [1.165, 1.54) is 13.8 Å². The largest absolute Gasteiger partial charge is 0.435 e. The molecule has 1 rings (SSSR count). The van der Waals surface area contributed by atoms with Crippen molar-refractivity contribution >= 4 is 5.91 Å². The fourth-order valence-corrected chi connectivity index (χ4v) is 1.71. The number of carbonyl (C=O) groups excluding carboxylic acids is 1. The van der Waals surface area contributed by atoms with Gasteiger partial charge >= 0.3 is 6.18 Å². The van der Waals surface area contributed by atoms with Crippen LogP contribution in [0.4, 0.5) is 13.2 Å². The number of nitrogens with one attached hydrogen (secondary N) is 1. The topological polar surface area (TPSA) is 56.1 Å². The maximum Gasteiger partial charge on any atom is 0.435 e. The third kappa shape index (κ3) is 4.22. The van der Waals surface area contributed by atoms with Crippen molar-refractivity contribution < 1.29 is 22.7 Å². The maximum atomic E-state index is 12.5. The Balaban J connectivity index is 2.69. The lowest BCUT2D eigenvalue weighted by Crippen LogP contribution is -2.33. The molecule has 1 amide bonds. The Morgan fingerprint density at radius 3 is 2.70 bits per heavy atom. The number of ether oxygens (including phenoxy) is 1. The number of hydrogen-bond acceptors (Lipinski definition) is 3. The van der Waals surface area contributed by atoms with Crippen LogP contribution in [-0.4, -0.2) is 35.9 Å². The molecule has 0 saturated heterocycles. The van der Waals surface area contributed by atoms with Crippen LogP contribution in [0.3, 0.4) is 0 Å². The van der Waals surface area contributed by atoms with Crippen LogP contribution >= 0.6 is 0 Å². The second kappa shape index (κ2) is 6.74. The van der Waals surface area contributed by atoms with E-state index in [-0.39, 0.29) is 11.6 Å². The van der Waals surface area contributed by atoms with Crippen LogP contribution in [0.15, 0.2) is 6.07 Å². The van der Waals surface area contributed by atoms with Crippen LogP contribution in [0, 0.1) is 6.92 Å². The van der Waals surface area contributed by atoms with E-state index in [9.17, 15) is 18.0 Å². The summed E-state index contributed by atoms with van der Waals surface area (Å²) in [6, 6.07) is 0.128. The zero-order chi connectivity index (χ0) is 15.3. The number of aryl methyl sites for hydroxylation is 1. The van der Waals surface area contributed by atoms with E-state index >= 15 is 0 Å². The second-order valence-electron chi connectivity index (χ2n) is 4.43. The standard InChI is InChI=1S/C12H18F3N3O2/c1-8-7-10(12(13,14)15)17-18(8)9(2)11(19)16-5-4-6-20-3/h7,9H,4-6H2,1-3H3,(H,16,19). The summed E-state index contributed by atoms with van der Waals surface area (Å²) < 4.78 is 43.5. The Kier molecular flexibility index (Phi) is 5.55. The predicted molar refractivity (Wildman–Crippen MR) is 66.2 cm³/mol. The van der Waals surface area contributed by atoms with Crippen LogP contribution < -0.4 is 5.32 Å². The maximum absolute atomic E-state index is 12.5. The highest BCUT2D eigenvalue weighted by Gasteiger charge is 2.35. The van der Waals surface area contributed by atoms with Gasteiger partial charge in [-0.2, -0.15) is 18.3 Å². The van der Waals surface area contributed by atoms with E-state index in [0.29, 0.717) is 19.6 Å². The Bertz CT molecular complexity index is 457. The molecule has 0 spiro atoms. The molecule has 1 unspecified atom stereocenters. The van der Waals surface area contributed by atoms with Gasteiger partial charge in [0.2, 0.25) is 5.91 Å². The molecular formula is C12H18F3N3O2. The molecule has 8 heteroatoms. The van der Waals surface area contributed by atoms with E-state index < -0.39 is 17.9 Å². The average molecular weight is 293 g/mol. The van der Waals surface area contributed by atoms with Gasteiger partial charge in [0.05, 0.1) is 0 Å². The molecule has 1 aromatic heterocycles. The smallest absolute Gasteiger partial charge is 0.385 e. The molecule has 0 bridgehead atoms. The fourth-order valence-electron chi connectivity index (χ4n) is 1.71. The normalized spacial score (nSPS) is 13.3. The first kappa shape index (κ1) is 16.5. The van der Waals surface area contributed by atoms with Crippen molar-refractivity contribution in [2.24, 2.45) is 0 Å². The van der Waals surface area contributed by atoms with Crippen LogP contribution in [0.2, 0.25) is 0 Å². The Morgan fingerprint density at radius 1 is 1.55 bits per heavy atom. The summed E-state index contributed by atoms with van der Waals surface area (Å²) in [7, 11) is 1.55. The molecule has 0 aromatic carbocycles. The van der Waals surface area contributed by atoms with Crippen LogP contribution in [0.5, 0.6) is 0 Å². The first-order valence-corrected chi connectivity index (χ1v) is 6.17. The van der Waals surface area contributed by atoms with Gasteiger partial charge < -0.3 is 10.1 Å². The third-order valence-electron chi connectivity index (χ3n) is 2.78. The van der Waals surface area contributed by atoms with Gasteiger partial charge in [0.1, 0.15) is 6.04 Å². The van der Waals surface area contributed by atoms with E-state index in [2.05, 4.69) is 10.4 Å². The predicted octanol–water partition coefficient (Wildman–Crippen LogP) is 1.92. The number of alkyl halides is 3. The van der Waals surface area contributed by atoms with E-state index in [4.69, 9.17) is 4.74 Å². The van der Waals surface area contributed by atoms with Gasteiger partial charge in [-0.1, -0.05) is 0 Å². The lowest BCUT2D eigenvalue weighted by atomic mass is 10.3. The van der Waals surface area contributed by atoms with Crippen molar-refractivity contribution in [1.82, 2.24) is 15.1 Å². The van der Waals surface area contributed by atoms with Crippen LogP contribution in [0.25, 0.3) is 0 Å². The van der Waals surface area contributed by atoms with E-state index in [1.807, 2.05) is 0 Å². The molecule has 0 aliphatic rings.